The van der Waals surface area contributed by atoms with Crippen LogP contribution in [-0.4, -0.2) is 4.98 Å². The highest BCUT2D eigenvalue weighted by atomic mass is 16.3. The maximum Gasteiger partial charge on any atom is 0.153 e. The summed E-state index contributed by atoms with van der Waals surface area (Å²) in [6.45, 7) is 0. The number of fused-ring (bicyclic) bond motifs is 5. The molecule has 0 radical (unpaired) electrons. The molecule has 3 nitrogen and oxygen atoms in total. The van der Waals surface area contributed by atoms with Crippen molar-refractivity contribution in [1.29, 1.82) is 0 Å². The first-order chi connectivity index (χ1) is 22.8. The number of rotatable bonds is 5. The summed E-state index contributed by atoms with van der Waals surface area (Å²) in [5.41, 5.74) is 10.4. The number of pyridine rings is 1. The molecule has 0 aliphatic heterocycles. The summed E-state index contributed by atoms with van der Waals surface area (Å²) in [5.74, 6) is 0. The lowest BCUT2D eigenvalue weighted by atomic mass is 9.97. The third-order valence-electron chi connectivity index (χ3n) is 8.92. The monoisotopic (exact) mass is 588 g/mol. The molecule has 2 heterocycles. The molecule has 7 aromatic carbocycles. The van der Waals surface area contributed by atoms with E-state index in [0.29, 0.717) is 0 Å². The molecule has 0 unspecified atom stereocenters. The maximum absolute atomic E-state index is 6.26. The van der Waals surface area contributed by atoms with E-state index in [9.17, 15) is 0 Å². The summed E-state index contributed by atoms with van der Waals surface area (Å²) in [6.07, 6.45) is 1.83. The van der Waals surface area contributed by atoms with Crippen molar-refractivity contribution in [3.63, 3.8) is 0 Å². The number of hydrogen-bond acceptors (Lipinski definition) is 3. The maximum atomic E-state index is 6.26. The number of aromatic nitrogens is 1. The van der Waals surface area contributed by atoms with E-state index in [2.05, 4.69) is 150 Å². The summed E-state index contributed by atoms with van der Waals surface area (Å²) < 4.78 is 6.26. The van der Waals surface area contributed by atoms with Gasteiger partial charge in [-0.05, 0) is 92.3 Å². The zero-order valence-electron chi connectivity index (χ0n) is 25.0. The molecule has 0 spiro atoms. The molecule has 9 aromatic rings. The molecule has 2 aromatic heterocycles. The number of nitrogens with zero attached hydrogens (tertiary/aromatic N) is 2. The quantitative estimate of drug-likeness (QED) is 0.200. The lowest BCUT2D eigenvalue weighted by molar-refractivity contribution is 0.668. The summed E-state index contributed by atoms with van der Waals surface area (Å²) in [5, 5.41) is 5.97. The average molecular weight is 589 g/mol. The second-order valence-electron chi connectivity index (χ2n) is 11.6. The fraction of sp³-hybridized carbons (Fsp3) is 0. The van der Waals surface area contributed by atoms with E-state index in [4.69, 9.17) is 9.40 Å². The van der Waals surface area contributed by atoms with Crippen molar-refractivity contribution in [2.24, 2.45) is 0 Å². The highest BCUT2D eigenvalue weighted by Gasteiger charge is 2.20. The molecule has 3 heteroatoms. The van der Waals surface area contributed by atoms with Crippen LogP contribution in [-0.2, 0) is 0 Å². The first-order valence-electron chi connectivity index (χ1n) is 15.5. The molecule has 0 aliphatic rings. The Hall–Kier alpha value is -6.19. The molecule has 0 amide bonds. The zero-order chi connectivity index (χ0) is 30.5. The van der Waals surface area contributed by atoms with Crippen molar-refractivity contribution in [3.8, 4) is 22.3 Å². The van der Waals surface area contributed by atoms with Crippen molar-refractivity contribution in [2.75, 3.05) is 4.90 Å². The van der Waals surface area contributed by atoms with Crippen LogP contribution in [0.2, 0.25) is 0 Å². The molecule has 0 saturated carbocycles. The van der Waals surface area contributed by atoms with Crippen LogP contribution in [0.25, 0.3) is 65.9 Å². The topological polar surface area (TPSA) is 29.3 Å². The van der Waals surface area contributed by atoms with E-state index in [0.717, 1.165) is 39.1 Å². The Morgan fingerprint density at radius 1 is 0.435 bits per heavy atom. The minimum absolute atomic E-state index is 0.780. The predicted molar refractivity (Wildman–Crippen MR) is 192 cm³/mol. The van der Waals surface area contributed by atoms with Gasteiger partial charge >= 0.3 is 0 Å². The van der Waals surface area contributed by atoms with E-state index in [-0.39, 0.29) is 0 Å². The lowest BCUT2D eigenvalue weighted by Crippen LogP contribution is -2.10. The van der Waals surface area contributed by atoms with Gasteiger partial charge in [0.2, 0.25) is 0 Å². The second kappa shape index (κ2) is 10.8. The van der Waals surface area contributed by atoms with Crippen molar-refractivity contribution >= 4 is 60.7 Å². The first kappa shape index (κ1) is 26.2. The number of furan rings is 1. The van der Waals surface area contributed by atoms with Gasteiger partial charge in [0.1, 0.15) is 11.1 Å². The van der Waals surface area contributed by atoms with E-state index in [1.807, 2.05) is 24.4 Å². The van der Waals surface area contributed by atoms with E-state index >= 15 is 0 Å². The number of benzene rings is 7. The smallest absolute Gasteiger partial charge is 0.153 e. The largest absolute Gasteiger partial charge is 0.454 e. The van der Waals surface area contributed by atoms with Gasteiger partial charge in [-0.3, -0.25) is 4.98 Å². The van der Waals surface area contributed by atoms with Crippen LogP contribution in [0.5, 0.6) is 0 Å². The molecule has 0 atom stereocenters. The molecule has 0 aliphatic carbocycles. The predicted octanol–water partition coefficient (Wildman–Crippen LogP) is 12.1. The molecule has 0 N–H and O–H groups in total. The van der Waals surface area contributed by atoms with Crippen LogP contribution in [0.4, 0.5) is 17.1 Å². The molecule has 0 fully saturated rings. The van der Waals surface area contributed by atoms with Crippen LogP contribution in [0, 0.1) is 0 Å². The van der Waals surface area contributed by atoms with Crippen LogP contribution in [0.15, 0.2) is 174 Å². The normalized spacial score (nSPS) is 11.5. The zero-order valence-corrected chi connectivity index (χ0v) is 25.0. The van der Waals surface area contributed by atoms with Gasteiger partial charge in [-0.1, -0.05) is 115 Å². The van der Waals surface area contributed by atoms with E-state index in [1.165, 1.54) is 43.8 Å². The minimum Gasteiger partial charge on any atom is -0.454 e. The summed E-state index contributed by atoms with van der Waals surface area (Å²) in [7, 11) is 0. The molecular weight excluding hydrogens is 560 g/mol. The van der Waals surface area contributed by atoms with Gasteiger partial charge in [-0.25, -0.2) is 0 Å². The van der Waals surface area contributed by atoms with E-state index in [1.54, 1.807) is 0 Å². The molecule has 46 heavy (non-hydrogen) atoms. The molecule has 0 bridgehead atoms. The van der Waals surface area contributed by atoms with Crippen molar-refractivity contribution in [1.82, 2.24) is 4.98 Å². The van der Waals surface area contributed by atoms with Crippen molar-refractivity contribution in [2.45, 2.75) is 0 Å². The van der Waals surface area contributed by atoms with Gasteiger partial charge in [-0.2, -0.15) is 0 Å². The van der Waals surface area contributed by atoms with Crippen LogP contribution in [0.1, 0.15) is 0 Å². The summed E-state index contributed by atoms with van der Waals surface area (Å²) >= 11 is 0. The third kappa shape index (κ3) is 4.33. The van der Waals surface area contributed by atoms with Gasteiger partial charge in [0, 0.05) is 17.6 Å². The van der Waals surface area contributed by atoms with Crippen molar-refractivity contribution < 1.29 is 4.42 Å². The van der Waals surface area contributed by atoms with Crippen molar-refractivity contribution in [3.05, 3.63) is 170 Å². The van der Waals surface area contributed by atoms with Gasteiger partial charge in [-0.15, -0.1) is 0 Å². The molecule has 9 rings (SSSR count). The Morgan fingerprint density at radius 2 is 0.957 bits per heavy atom. The average Bonchev–Trinajstić information content (AvgIpc) is 3.51. The molecule has 216 valence electrons. The highest BCUT2D eigenvalue weighted by Crippen LogP contribution is 2.43. The first-order valence-corrected chi connectivity index (χ1v) is 15.5. The number of hydrogen-bond donors (Lipinski definition) is 0. The van der Waals surface area contributed by atoms with Crippen LogP contribution < -0.4 is 4.90 Å². The Kier molecular flexibility index (Phi) is 6.14. The summed E-state index contributed by atoms with van der Waals surface area (Å²) in [4.78, 5) is 7.06. The lowest BCUT2D eigenvalue weighted by Gasteiger charge is -2.26. The van der Waals surface area contributed by atoms with E-state index < -0.39 is 0 Å². The minimum atomic E-state index is 0.780. The second-order valence-corrected chi connectivity index (χ2v) is 11.6. The Balaban J connectivity index is 1.21. The fourth-order valence-corrected chi connectivity index (χ4v) is 6.77. The van der Waals surface area contributed by atoms with Gasteiger partial charge in [0.25, 0.3) is 0 Å². The van der Waals surface area contributed by atoms with Crippen LogP contribution >= 0.6 is 0 Å². The molecule has 0 saturated heterocycles. The highest BCUT2D eigenvalue weighted by molar-refractivity contribution is 6.11. The Labute approximate surface area is 266 Å². The summed E-state index contributed by atoms with van der Waals surface area (Å²) in [6, 6.07) is 58.0. The van der Waals surface area contributed by atoms with Gasteiger partial charge in [0.05, 0.1) is 11.1 Å². The Bertz CT molecular complexity index is 2390. The van der Waals surface area contributed by atoms with Crippen LogP contribution in [0.3, 0.4) is 0 Å². The SMILES string of the molecule is c1ccc2c(-c3ccc(N(c4ccc(-c5cccc6ccccc56)cc4)c4cccc5oc6cccnc6c45)cc3)cccc2c1. The number of anilines is 3. The van der Waals surface area contributed by atoms with Gasteiger partial charge < -0.3 is 9.32 Å². The standard InChI is InChI=1S/C43H28N2O/c1-3-13-35-29(9-1)11-5-15-37(35)31-20-24-33(25-21-31)45(39-17-7-18-40-42(39)43-41(46-40)19-8-28-44-43)34-26-22-32(23-27-34)38-16-6-12-30-10-2-4-14-36(30)38/h1-28H. The third-order valence-corrected chi connectivity index (χ3v) is 8.92. The Morgan fingerprint density at radius 3 is 1.57 bits per heavy atom. The van der Waals surface area contributed by atoms with Gasteiger partial charge in [0.15, 0.2) is 5.58 Å². The fourth-order valence-electron chi connectivity index (χ4n) is 6.77. The molecular formula is C43H28N2O.